The second-order valence-electron chi connectivity index (χ2n) is 5.29. The number of amides is 1. The van der Waals surface area contributed by atoms with E-state index in [0.29, 0.717) is 21.4 Å². The van der Waals surface area contributed by atoms with Gasteiger partial charge in [0.15, 0.2) is 0 Å². The van der Waals surface area contributed by atoms with E-state index in [0.717, 1.165) is 21.4 Å². The highest BCUT2D eigenvalue weighted by Gasteiger charge is 2.17. The molecule has 0 aliphatic heterocycles. The molecule has 118 valence electrons. The van der Waals surface area contributed by atoms with Crippen LogP contribution in [-0.2, 0) is 0 Å². The van der Waals surface area contributed by atoms with Crippen molar-refractivity contribution in [2.45, 2.75) is 20.8 Å². The van der Waals surface area contributed by atoms with E-state index in [1.165, 1.54) is 11.3 Å². The van der Waals surface area contributed by atoms with Gasteiger partial charge in [0.2, 0.25) is 0 Å². The second kappa shape index (κ2) is 6.18. The summed E-state index contributed by atoms with van der Waals surface area (Å²) >= 11 is 7.68. The number of halogens is 1. The van der Waals surface area contributed by atoms with Gasteiger partial charge in [0, 0.05) is 10.1 Å². The predicted molar refractivity (Wildman–Crippen MR) is 94.7 cm³/mol. The maximum absolute atomic E-state index is 12.3. The Morgan fingerprint density at radius 3 is 2.74 bits per heavy atom. The molecule has 3 aromatic rings. The summed E-state index contributed by atoms with van der Waals surface area (Å²) in [7, 11) is 0. The number of furan rings is 1. The fourth-order valence-electron chi connectivity index (χ4n) is 2.19. The third kappa shape index (κ3) is 3.16. The Hall–Kier alpha value is -2.11. The SMILES string of the molecule is CC(=NNC(=O)c1sc2cc(C)ccc2c1Cl)c1ccc(C)o1. The number of carbonyl (C=O) groups is 1. The molecule has 2 heterocycles. The highest BCUT2D eigenvalue weighted by Crippen LogP contribution is 2.35. The summed E-state index contributed by atoms with van der Waals surface area (Å²) < 4.78 is 6.45. The van der Waals surface area contributed by atoms with E-state index in [2.05, 4.69) is 10.5 Å². The lowest BCUT2D eigenvalue weighted by Crippen LogP contribution is -2.18. The Bertz CT molecular complexity index is 924. The Balaban J connectivity index is 1.85. The van der Waals surface area contributed by atoms with E-state index in [-0.39, 0.29) is 5.91 Å². The van der Waals surface area contributed by atoms with Crippen molar-refractivity contribution in [3.63, 3.8) is 0 Å². The van der Waals surface area contributed by atoms with Crippen molar-refractivity contribution in [2.75, 3.05) is 0 Å². The lowest BCUT2D eigenvalue weighted by atomic mass is 10.2. The zero-order chi connectivity index (χ0) is 16.6. The van der Waals surface area contributed by atoms with Gasteiger partial charge in [-0.25, -0.2) is 5.43 Å². The summed E-state index contributed by atoms with van der Waals surface area (Å²) in [5.41, 5.74) is 4.26. The van der Waals surface area contributed by atoms with Crippen LogP contribution in [0.25, 0.3) is 10.1 Å². The topological polar surface area (TPSA) is 54.6 Å². The number of aryl methyl sites for hydroxylation is 2. The van der Waals surface area contributed by atoms with Crippen molar-refractivity contribution in [2.24, 2.45) is 5.10 Å². The first kappa shape index (κ1) is 15.8. The van der Waals surface area contributed by atoms with Gasteiger partial charge in [-0.1, -0.05) is 23.7 Å². The van der Waals surface area contributed by atoms with Gasteiger partial charge < -0.3 is 4.42 Å². The standard InChI is InChI=1S/C17H15ClN2O2S/c1-9-4-6-12-14(8-9)23-16(15(12)18)17(21)20-19-11(3)13-7-5-10(2)22-13/h4-8H,1-3H3,(H,20,21). The minimum absolute atomic E-state index is 0.323. The molecule has 0 unspecified atom stereocenters. The number of fused-ring (bicyclic) bond motifs is 1. The zero-order valence-electron chi connectivity index (χ0n) is 12.9. The molecule has 1 aromatic carbocycles. The molecule has 1 N–H and O–H groups in total. The monoisotopic (exact) mass is 346 g/mol. The van der Waals surface area contributed by atoms with E-state index >= 15 is 0 Å². The van der Waals surface area contributed by atoms with Gasteiger partial charge in [0.1, 0.15) is 22.1 Å². The summed E-state index contributed by atoms with van der Waals surface area (Å²) in [6.45, 7) is 5.63. The molecular formula is C17H15ClN2O2S. The smallest absolute Gasteiger partial charge is 0.283 e. The van der Waals surface area contributed by atoms with Gasteiger partial charge in [-0.2, -0.15) is 5.10 Å². The van der Waals surface area contributed by atoms with Crippen LogP contribution in [0.4, 0.5) is 0 Å². The minimum atomic E-state index is -0.323. The van der Waals surface area contributed by atoms with Crippen molar-refractivity contribution in [1.29, 1.82) is 0 Å². The lowest BCUT2D eigenvalue weighted by molar-refractivity contribution is 0.0959. The first-order chi connectivity index (χ1) is 11.0. The Morgan fingerprint density at radius 2 is 2.04 bits per heavy atom. The Morgan fingerprint density at radius 1 is 1.26 bits per heavy atom. The quantitative estimate of drug-likeness (QED) is 0.540. The summed E-state index contributed by atoms with van der Waals surface area (Å²) in [5, 5.41) is 5.43. The molecule has 0 radical (unpaired) electrons. The molecule has 0 bridgehead atoms. The minimum Gasteiger partial charge on any atom is -0.460 e. The number of nitrogens with one attached hydrogen (secondary N) is 1. The van der Waals surface area contributed by atoms with E-state index in [9.17, 15) is 4.79 Å². The number of thiophene rings is 1. The normalized spacial score (nSPS) is 11.9. The highest BCUT2D eigenvalue weighted by molar-refractivity contribution is 7.21. The molecule has 6 heteroatoms. The fourth-order valence-corrected chi connectivity index (χ4v) is 3.69. The van der Waals surface area contributed by atoms with Gasteiger partial charge in [-0.3, -0.25) is 4.79 Å². The van der Waals surface area contributed by atoms with Crippen LogP contribution in [-0.4, -0.2) is 11.6 Å². The van der Waals surface area contributed by atoms with Crippen molar-refractivity contribution in [3.05, 3.63) is 57.3 Å². The molecule has 0 spiro atoms. The molecule has 0 fully saturated rings. The number of nitrogens with zero attached hydrogens (tertiary/aromatic N) is 1. The number of carbonyl (C=O) groups excluding carboxylic acids is 1. The molecule has 1 amide bonds. The number of hydrazone groups is 1. The van der Waals surface area contributed by atoms with Crippen LogP contribution in [0.3, 0.4) is 0 Å². The molecule has 3 rings (SSSR count). The molecular weight excluding hydrogens is 332 g/mol. The van der Waals surface area contributed by atoms with E-state index in [4.69, 9.17) is 16.0 Å². The van der Waals surface area contributed by atoms with Gasteiger partial charge in [0.25, 0.3) is 5.91 Å². The van der Waals surface area contributed by atoms with Crippen LogP contribution in [0, 0.1) is 13.8 Å². The first-order valence-electron chi connectivity index (χ1n) is 7.06. The molecule has 0 saturated carbocycles. The first-order valence-corrected chi connectivity index (χ1v) is 8.25. The zero-order valence-corrected chi connectivity index (χ0v) is 14.5. The van der Waals surface area contributed by atoms with Gasteiger partial charge in [0.05, 0.1) is 5.02 Å². The van der Waals surface area contributed by atoms with Crippen molar-refractivity contribution in [1.82, 2.24) is 5.43 Å². The van der Waals surface area contributed by atoms with Crippen LogP contribution in [0.1, 0.15) is 33.7 Å². The maximum Gasteiger partial charge on any atom is 0.283 e. The average molecular weight is 347 g/mol. The van der Waals surface area contributed by atoms with E-state index < -0.39 is 0 Å². The van der Waals surface area contributed by atoms with Crippen molar-refractivity contribution in [3.8, 4) is 0 Å². The number of hydrogen-bond donors (Lipinski definition) is 1. The number of benzene rings is 1. The molecule has 0 saturated heterocycles. The maximum atomic E-state index is 12.3. The lowest BCUT2D eigenvalue weighted by Gasteiger charge is -1.99. The third-order valence-corrected chi connectivity index (χ3v) is 5.07. The molecule has 2 aromatic heterocycles. The number of rotatable bonds is 3. The van der Waals surface area contributed by atoms with Crippen LogP contribution in [0.15, 0.2) is 39.9 Å². The van der Waals surface area contributed by atoms with Crippen LogP contribution < -0.4 is 5.43 Å². The molecule has 4 nitrogen and oxygen atoms in total. The second-order valence-corrected chi connectivity index (χ2v) is 6.72. The van der Waals surface area contributed by atoms with Gasteiger partial charge in [-0.15, -0.1) is 11.3 Å². The Labute approximate surface area is 142 Å². The summed E-state index contributed by atoms with van der Waals surface area (Å²) in [6.07, 6.45) is 0. The average Bonchev–Trinajstić information content (AvgIpc) is 3.08. The largest absolute Gasteiger partial charge is 0.460 e. The van der Waals surface area contributed by atoms with Crippen molar-refractivity contribution >= 4 is 44.6 Å². The molecule has 0 atom stereocenters. The van der Waals surface area contributed by atoms with Gasteiger partial charge >= 0.3 is 0 Å². The van der Waals surface area contributed by atoms with Crippen LogP contribution in [0.2, 0.25) is 5.02 Å². The molecule has 0 aliphatic rings. The summed E-state index contributed by atoms with van der Waals surface area (Å²) in [5.74, 6) is 1.10. The summed E-state index contributed by atoms with van der Waals surface area (Å²) in [4.78, 5) is 12.8. The fraction of sp³-hybridized carbons (Fsp3) is 0.176. The highest BCUT2D eigenvalue weighted by atomic mass is 35.5. The van der Waals surface area contributed by atoms with E-state index in [1.54, 1.807) is 6.92 Å². The molecule has 0 aliphatic carbocycles. The predicted octanol–water partition coefficient (Wildman–Crippen LogP) is 4.92. The summed E-state index contributed by atoms with van der Waals surface area (Å²) in [6, 6.07) is 9.59. The van der Waals surface area contributed by atoms with E-state index in [1.807, 2.05) is 44.2 Å². The Kier molecular flexibility index (Phi) is 4.24. The van der Waals surface area contributed by atoms with Gasteiger partial charge in [-0.05, 0) is 44.5 Å². The number of hydrogen-bond acceptors (Lipinski definition) is 4. The van der Waals surface area contributed by atoms with Crippen LogP contribution >= 0.6 is 22.9 Å². The third-order valence-electron chi connectivity index (χ3n) is 3.41. The molecule has 23 heavy (non-hydrogen) atoms. The van der Waals surface area contributed by atoms with Crippen molar-refractivity contribution < 1.29 is 9.21 Å². The van der Waals surface area contributed by atoms with Crippen LogP contribution in [0.5, 0.6) is 0 Å².